The molecule has 0 bridgehead atoms. The second kappa shape index (κ2) is 7.66. The minimum absolute atomic E-state index is 0.325. The van der Waals surface area contributed by atoms with Crippen LogP contribution in [0.5, 0.6) is 0 Å². The summed E-state index contributed by atoms with van der Waals surface area (Å²) in [5.41, 5.74) is 5.66. The van der Waals surface area contributed by atoms with Gasteiger partial charge in [0, 0.05) is 16.3 Å². The summed E-state index contributed by atoms with van der Waals surface area (Å²) in [6, 6.07) is 15.1. The van der Waals surface area contributed by atoms with Crippen LogP contribution < -0.4 is 5.43 Å². The largest absolute Gasteiger partial charge is 0.272 e. The van der Waals surface area contributed by atoms with Crippen molar-refractivity contribution in [3.05, 3.63) is 82.1 Å². The monoisotopic (exact) mass is 390 g/mol. The lowest BCUT2D eigenvalue weighted by Gasteiger charge is -2.09. The molecule has 0 aliphatic rings. The summed E-state index contributed by atoms with van der Waals surface area (Å²) in [6.45, 7) is 1.90. The predicted molar refractivity (Wildman–Crippen MR) is 109 cm³/mol. The molecule has 5 nitrogen and oxygen atoms in total. The Kier molecular flexibility index (Phi) is 4.90. The summed E-state index contributed by atoms with van der Waals surface area (Å²) >= 11 is 1.51. The lowest BCUT2D eigenvalue weighted by atomic mass is 10.0. The fourth-order valence-electron chi connectivity index (χ4n) is 2.79. The minimum Gasteiger partial charge on any atom is -0.267 e. The van der Waals surface area contributed by atoms with E-state index in [1.807, 2.05) is 36.6 Å². The fourth-order valence-corrected chi connectivity index (χ4v) is 3.35. The van der Waals surface area contributed by atoms with Gasteiger partial charge in [0.25, 0.3) is 5.91 Å². The highest BCUT2D eigenvalue weighted by atomic mass is 32.1. The number of fused-ring (bicyclic) bond motifs is 1. The molecule has 2 heterocycles. The number of nitrogens with one attached hydrogen (secondary N) is 1. The van der Waals surface area contributed by atoms with Gasteiger partial charge in [-0.2, -0.15) is 5.10 Å². The standard InChI is InChI=1S/C21H15FN4OS/c1-13-24-16(12-28-13)11-23-26-21(27)18-10-20(14-6-8-15(22)9-7-14)25-19-5-3-2-4-17(18)19/h2-12H,1H3,(H,26,27)/b23-11+. The topological polar surface area (TPSA) is 67.2 Å². The average molecular weight is 390 g/mol. The van der Waals surface area contributed by atoms with Crippen molar-refractivity contribution < 1.29 is 9.18 Å². The normalized spacial score (nSPS) is 11.2. The van der Waals surface area contributed by atoms with E-state index in [0.717, 1.165) is 10.6 Å². The lowest BCUT2D eigenvalue weighted by Crippen LogP contribution is -2.18. The van der Waals surface area contributed by atoms with E-state index >= 15 is 0 Å². The Hall–Kier alpha value is -3.45. The first-order valence-electron chi connectivity index (χ1n) is 8.51. The second-order valence-electron chi connectivity index (χ2n) is 6.07. The molecule has 138 valence electrons. The predicted octanol–water partition coefficient (Wildman–Crippen LogP) is 4.57. The van der Waals surface area contributed by atoms with Crippen molar-refractivity contribution in [1.82, 2.24) is 15.4 Å². The molecule has 0 aliphatic carbocycles. The fraction of sp³-hybridized carbons (Fsp3) is 0.0476. The third-order valence-corrected chi connectivity index (χ3v) is 4.89. The van der Waals surface area contributed by atoms with Gasteiger partial charge in [0.2, 0.25) is 0 Å². The van der Waals surface area contributed by atoms with Gasteiger partial charge in [-0.3, -0.25) is 4.79 Å². The molecule has 0 saturated carbocycles. The Labute approximate surface area is 164 Å². The van der Waals surface area contributed by atoms with Crippen LogP contribution in [0.25, 0.3) is 22.2 Å². The van der Waals surface area contributed by atoms with Gasteiger partial charge in [-0.05, 0) is 43.3 Å². The highest BCUT2D eigenvalue weighted by Crippen LogP contribution is 2.25. The number of rotatable bonds is 4. The third kappa shape index (κ3) is 3.79. The van der Waals surface area contributed by atoms with E-state index in [-0.39, 0.29) is 11.7 Å². The maximum Gasteiger partial charge on any atom is 0.272 e. The summed E-state index contributed by atoms with van der Waals surface area (Å²) in [5, 5.41) is 7.50. The van der Waals surface area contributed by atoms with Crippen molar-refractivity contribution in [2.45, 2.75) is 6.92 Å². The zero-order chi connectivity index (χ0) is 19.5. The Balaban J connectivity index is 1.69. The summed E-state index contributed by atoms with van der Waals surface area (Å²) in [6.07, 6.45) is 1.51. The van der Waals surface area contributed by atoms with Crippen LogP contribution in [0.1, 0.15) is 21.1 Å². The molecule has 0 spiro atoms. The van der Waals surface area contributed by atoms with E-state index in [1.165, 1.54) is 29.7 Å². The van der Waals surface area contributed by atoms with E-state index in [0.29, 0.717) is 27.9 Å². The second-order valence-corrected chi connectivity index (χ2v) is 7.13. The number of hydrogen-bond donors (Lipinski definition) is 1. The van der Waals surface area contributed by atoms with Crippen molar-refractivity contribution in [2.75, 3.05) is 0 Å². The van der Waals surface area contributed by atoms with Crippen molar-refractivity contribution in [3.8, 4) is 11.3 Å². The smallest absolute Gasteiger partial charge is 0.267 e. The SMILES string of the molecule is Cc1nc(/C=N/NC(=O)c2cc(-c3ccc(F)cc3)nc3ccccc23)cs1. The van der Waals surface area contributed by atoms with Crippen LogP contribution in [-0.4, -0.2) is 22.1 Å². The summed E-state index contributed by atoms with van der Waals surface area (Å²) in [7, 11) is 0. The number of halogens is 1. The third-order valence-electron chi connectivity index (χ3n) is 4.10. The van der Waals surface area contributed by atoms with E-state index < -0.39 is 0 Å². The Morgan fingerprint density at radius 2 is 1.93 bits per heavy atom. The molecule has 28 heavy (non-hydrogen) atoms. The molecule has 0 fully saturated rings. The van der Waals surface area contributed by atoms with Crippen molar-refractivity contribution >= 4 is 34.4 Å². The van der Waals surface area contributed by atoms with E-state index in [4.69, 9.17) is 0 Å². The maximum atomic E-state index is 13.2. The molecule has 0 atom stereocenters. The van der Waals surface area contributed by atoms with Gasteiger partial charge in [0.1, 0.15) is 5.82 Å². The number of aryl methyl sites for hydroxylation is 1. The van der Waals surface area contributed by atoms with Crippen LogP contribution in [0.4, 0.5) is 4.39 Å². The van der Waals surface area contributed by atoms with Gasteiger partial charge in [0.15, 0.2) is 0 Å². The highest BCUT2D eigenvalue weighted by molar-refractivity contribution is 7.09. The molecule has 2 aromatic heterocycles. The first-order chi connectivity index (χ1) is 13.6. The van der Waals surface area contributed by atoms with Gasteiger partial charge in [0.05, 0.1) is 33.7 Å². The molecule has 4 aromatic rings. The molecule has 0 unspecified atom stereocenters. The number of aromatic nitrogens is 2. The molecule has 0 saturated heterocycles. The quantitative estimate of drug-likeness (QED) is 0.410. The molecule has 0 radical (unpaired) electrons. The molecule has 1 N–H and O–H groups in total. The molecule has 2 aromatic carbocycles. The van der Waals surface area contributed by atoms with Crippen LogP contribution in [-0.2, 0) is 0 Å². The minimum atomic E-state index is -0.356. The lowest BCUT2D eigenvalue weighted by molar-refractivity contribution is 0.0956. The van der Waals surface area contributed by atoms with E-state index in [9.17, 15) is 9.18 Å². The number of thiazole rings is 1. The van der Waals surface area contributed by atoms with Gasteiger partial charge in [-0.1, -0.05) is 18.2 Å². The Bertz CT molecular complexity index is 1180. The van der Waals surface area contributed by atoms with E-state index in [1.54, 1.807) is 18.2 Å². The summed E-state index contributed by atoms with van der Waals surface area (Å²) < 4.78 is 13.2. The van der Waals surface area contributed by atoms with Gasteiger partial charge >= 0.3 is 0 Å². The Morgan fingerprint density at radius 1 is 1.14 bits per heavy atom. The number of hydrogen-bond acceptors (Lipinski definition) is 5. The molecule has 7 heteroatoms. The summed E-state index contributed by atoms with van der Waals surface area (Å²) in [4.78, 5) is 21.6. The number of benzene rings is 2. The number of amides is 1. The first kappa shape index (κ1) is 17.9. The summed E-state index contributed by atoms with van der Waals surface area (Å²) in [5.74, 6) is -0.681. The van der Waals surface area contributed by atoms with Crippen molar-refractivity contribution in [3.63, 3.8) is 0 Å². The zero-order valence-electron chi connectivity index (χ0n) is 14.9. The van der Waals surface area contributed by atoms with Crippen molar-refractivity contribution in [1.29, 1.82) is 0 Å². The Morgan fingerprint density at radius 3 is 2.68 bits per heavy atom. The van der Waals surface area contributed by atoms with Crippen LogP contribution in [0, 0.1) is 12.7 Å². The number of hydrazone groups is 1. The molecule has 0 aliphatic heterocycles. The van der Waals surface area contributed by atoms with Gasteiger partial charge in [-0.15, -0.1) is 11.3 Å². The van der Waals surface area contributed by atoms with Gasteiger partial charge in [-0.25, -0.2) is 19.8 Å². The molecule has 1 amide bonds. The number of para-hydroxylation sites is 1. The maximum absolute atomic E-state index is 13.2. The van der Waals surface area contributed by atoms with E-state index in [2.05, 4.69) is 20.5 Å². The number of carbonyl (C=O) groups excluding carboxylic acids is 1. The first-order valence-corrected chi connectivity index (χ1v) is 9.39. The number of nitrogens with zero attached hydrogens (tertiary/aromatic N) is 3. The molecule has 4 rings (SSSR count). The molecular formula is C21H15FN4OS. The van der Waals surface area contributed by atoms with Crippen LogP contribution in [0.2, 0.25) is 0 Å². The highest BCUT2D eigenvalue weighted by Gasteiger charge is 2.13. The zero-order valence-corrected chi connectivity index (χ0v) is 15.7. The van der Waals surface area contributed by atoms with Crippen LogP contribution >= 0.6 is 11.3 Å². The number of carbonyl (C=O) groups is 1. The number of pyridine rings is 1. The van der Waals surface area contributed by atoms with Gasteiger partial charge < -0.3 is 0 Å². The molecular weight excluding hydrogens is 375 g/mol. The van der Waals surface area contributed by atoms with Crippen LogP contribution in [0.15, 0.2) is 65.1 Å². The van der Waals surface area contributed by atoms with Crippen molar-refractivity contribution in [2.24, 2.45) is 5.10 Å². The average Bonchev–Trinajstić information content (AvgIpc) is 3.12. The van der Waals surface area contributed by atoms with Crippen LogP contribution in [0.3, 0.4) is 0 Å².